The fourth-order valence-electron chi connectivity index (χ4n) is 22.3. The van der Waals surface area contributed by atoms with Gasteiger partial charge >= 0.3 is 238 Å². The molecule has 0 N–H and O–H groups in total. The molecule has 2 aliphatic heterocycles. The third kappa shape index (κ3) is 20.1. The van der Waals surface area contributed by atoms with Gasteiger partial charge in [0.05, 0.1) is 31.0 Å². The summed E-state index contributed by atoms with van der Waals surface area (Å²) in [5.74, 6) is 3.43. The van der Waals surface area contributed by atoms with Crippen LogP contribution in [0, 0.1) is 37.5 Å². The van der Waals surface area contributed by atoms with Crippen molar-refractivity contribution in [1.82, 2.24) is 17.5 Å². The molecular formula is C116H124Br4N4S10Si2Sn2. The Kier molecular flexibility index (Phi) is 32.2. The molecule has 0 bridgehead atoms. The van der Waals surface area contributed by atoms with Gasteiger partial charge in [0.25, 0.3) is 0 Å². The first-order chi connectivity index (χ1) is 66.7. The number of aryl methyl sites for hydroxylation is 2. The molecule has 4 atom stereocenters. The standard InChI is InChI=1S/C56H56N2S5Si.C24H36S2Si.C16H8Br2.C14H6Br2N2S3.6CH3.2Sn/c1-7-11-13-35(9-3)31-64(32-36(10-4)14-12-8-2)49-29-34(6)59-55(49)56-50(64)30-48(62-56)47-28-27-46(61-47)43-24-23-42(53-54(43)58-63-57-53)45-26-25-44(60-45)40-21-18-38-17-20-39-33(5)15-16-37-19-22-41(40)52(38)51(37)39;1-5-9-11-19(7-3)17-27(18-20(8-4)12-10-6-2)21-13-15-25-23(21)24-22(27)14-16-26-24;17-13-8-4-10-2-6-12-14(18)7-3-9-1-5-11(13)16(10)15(9)12;15-11-5-3-9(19-11)7-1-2-8(10-4-6-12(16)20-10)14-13(7)17-21-18-14;;;;;;;;/h15-30,35-36H,7-14,31-32H2,1-6H3;13-14,19-20H,5-12,17-18H2,1-4H3;1-8H;1-6H;6*1H3;;. The van der Waals surface area contributed by atoms with Crippen LogP contribution in [-0.2, 0) is 0 Å². The minimum Gasteiger partial charge on any atom is -0.172 e. The molecular weight excluding hydrogens is 2380 g/mol. The van der Waals surface area contributed by atoms with Crippen LogP contribution >= 0.6 is 178 Å². The molecule has 10 aromatic heterocycles. The summed E-state index contributed by atoms with van der Waals surface area (Å²) in [6.45, 7) is 24.0. The van der Waals surface area contributed by atoms with Crippen LogP contribution in [-0.4, -0.2) is 70.4 Å². The van der Waals surface area contributed by atoms with Crippen LogP contribution in [0.4, 0.5) is 0 Å². The molecule has 12 heterocycles. The second kappa shape index (κ2) is 43.5. The van der Waals surface area contributed by atoms with Crippen LogP contribution < -0.4 is 26.5 Å². The Hall–Kier alpha value is -4.53. The molecule has 0 amide bonds. The van der Waals surface area contributed by atoms with E-state index in [2.05, 4.69) is 411 Å². The van der Waals surface area contributed by atoms with Crippen molar-refractivity contribution in [3.8, 4) is 81.5 Å². The van der Waals surface area contributed by atoms with Crippen LogP contribution in [0.3, 0.4) is 0 Å². The number of fused-ring (bicyclic) bond motifs is 8. The molecule has 20 aromatic rings. The monoisotopic (exact) mass is 2500 g/mol. The van der Waals surface area contributed by atoms with E-state index >= 15 is 0 Å². The van der Waals surface area contributed by atoms with E-state index in [1.54, 1.807) is 52.6 Å². The number of benzene rings is 10. The summed E-state index contributed by atoms with van der Waals surface area (Å²) in [4.78, 5) is 33.1. The van der Waals surface area contributed by atoms with Crippen LogP contribution in [0.2, 0.25) is 53.8 Å². The molecule has 0 saturated heterocycles. The maximum absolute atomic E-state index is 4.98. The van der Waals surface area contributed by atoms with E-state index < -0.39 is 52.9 Å². The van der Waals surface area contributed by atoms with Crippen molar-refractivity contribution in [3.63, 3.8) is 0 Å². The molecule has 4 unspecified atom stereocenters. The fourth-order valence-corrected chi connectivity index (χ4v) is 61.4. The van der Waals surface area contributed by atoms with E-state index in [0.717, 1.165) is 73.4 Å². The topological polar surface area (TPSA) is 51.6 Å². The smallest absolute Gasteiger partial charge is 0.122 e. The Morgan fingerprint density at radius 3 is 1.00 bits per heavy atom. The summed E-state index contributed by atoms with van der Waals surface area (Å²) in [6.07, 6.45) is 21.8. The zero-order valence-electron chi connectivity index (χ0n) is 82.3. The summed E-state index contributed by atoms with van der Waals surface area (Å²) in [7, 11) is -3.77. The van der Waals surface area contributed by atoms with Crippen molar-refractivity contribution in [1.29, 1.82) is 0 Å². The first-order valence-corrected chi connectivity index (χ1v) is 86.1. The van der Waals surface area contributed by atoms with Crippen molar-refractivity contribution in [2.45, 2.75) is 226 Å². The van der Waals surface area contributed by atoms with Gasteiger partial charge in [-0.3, -0.25) is 0 Å². The number of unbranched alkanes of at least 4 members (excludes halogenated alkanes) is 4. The number of halogens is 4. The van der Waals surface area contributed by atoms with Crippen molar-refractivity contribution >= 4 is 344 Å². The normalized spacial score (nSPS) is 14.9. The van der Waals surface area contributed by atoms with Crippen LogP contribution in [0.5, 0.6) is 0 Å². The number of thiophene rings is 8. The van der Waals surface area contributed by atoms with E-state index in [1.165, 1.54) is 276 Å². The molecule has 0 fully saturated rings. The quantitative estimate of drug-likeness (QED) is 0.0311. The van der Waals surface area contributed by atoms with Crippen molar-refractivity contribution in [2.24, 2.45) is 23.7 Å². The molecule has 10 aromatic carbocycles. The van der Waals surface area contributed by atoms with Crippen molar-refractivity contribution in [2.75, 3.05) is 0 Å². The van der Waals surface area contributed by atoms with Gasteiger partial charge in [0.1, 0.15) is 30.1 Å². The first-order valence-electron chi connectivity index (χ1n) is 50.2. The van der Waals surface area contributed by atoms with Gasteiger partial charge in [0.2, 0.25) is 0 Å². The number of aromatic nitrogens is 4. The average Bonchev–Trinajstić information content (AvgIpc) is 1.53. The van der Waals surface area contributed by atoms with Crippen molar-refractivity contribution in [3.05, 3.63) is 221 Å². The maximum Gasteiger partial charge on any atom is 0.122 e. The third-order valence-electron chi connectivity index (χ3n) is 29.9. The zero-order chi connectivity index (χ0) is 96.4. The Morgan fingerprint density at radius 2 is 0.601 bits per heavy atom. The van der Waals surface area contributed by atoms with Gasteiger partial charge in [-0.2, -0.15) is 17.5 Å². The molecule has 0 radical (unpaired) electrons. The predicted molar refractivity (Wildman–Crippen MR) is 650 cm³/mol. The first kappa shape index (κ1) is 102. The number of hydrogen-bond acceptors (Lipinski definition) is 14. The number of rotatable bonds is 32. The Labute approximate surface area is 901 Å². The SMILES string of the molecule is Brc1ccc(-c2ccc(-c3ccc(Br)s3)c3nsnc23)s1.Brc1ccc2ccc3c(Br)ccc4ccc1c2c43.CCCCC(CC)C[Si]1(CC(CC)CCCC)c2c[c]([Sn]([CH3])([CH3])[CH3])sc2-c2s[c]([Sn]([CH3])([CH3])[CH3])cc21.CCCCC(CC)C[Si]1(CC(CC)CCCC)c2cc(C)sc2-c2sc(-c3ccc(-c4ccc(-c5ccc(-c6ccc7ccc8c(C)ccc9ccc6c7c98)s5)c5nsnc45)s3)cc21. The van der Waals surface area contributed by atoms with Gasteiger partial charge in [-0.05, 0) is 229 Å². The maximum atomic E-state index is 4.98. The summed E-state index contributed by atoms with van der Waals surface area (Å²) < 4.78 is 27.2. The number of hydrogen-bond donors (Lipinski definition) is 0. The molecule has 22 heteroatoms. The molecule has 2 aliphatic rings. The summed E-state index contributed by atoms with van der Waals surface area (Å²) >= 11 is 28.6. The fraction of sp³-hybridized carbons (Fsp3) is 0.345. The minimum absolute atomic E-state index is 0.806. The van der Waals surface area contributed by atoms with Crippen LogP contribution in [0.25, 0.3) is 168 Å². The second-order valence-corrected chi connectivity index (χ2v) is 94.2. The van der Waals surface area contributed by atoms with Gasteiger partial charge in [-0.15, -0.1) is 68.0 Å². The molecule has 0 aliphatic carbocycles. The summed E-state index contributed by atoms with van der Waals surface area (Å²) in [5.41, 5.74) is 11.3. The molecule has 22 rings (SSSR count). The molecule has 0 saturated carbocycles. The average molecular weight is 2510 g/mol. The predicted octanol–water partition coefficient (Wildman–Crippen LogP) is 39.8. The Balaban J connectivity index is 0.000000136. The van der Waals surface area contributed by atoms with E-state index in [0.29, 0.717) is 0 Å². The molecule has 0 spiro atoms. The molecule has 712 valence electrons. The third-order valence-corrected chi connectivity index (χ3v) is 73.3. The Bertz CT molecular complexity index is 7500. The largest absolute Gasteiger partial charge is 0.172 e. The van der Waals surface area contributed by atoms with E-state index in [-0.39, 0.29) is 0 Å². The Morgan fingerprint density at radius 1 is 0.290 bits per heavy atom. The van der Waals surface area contributed by atoms with E-state index in [1.807, 2.05) is 38.8 Å². The minimum atomic E-state index is -2.12. The second-order valence-electron chi connectivity index (χ2n) is 41.0. The van der Waals surface area contributed by atoms with E-state index in [4.69, 9.17) is 8.75 Å². The molecule has 4 nitrogen and oxygen atoms in total. The van der Waals surface area contributed by atoms with Gasteiger partial charge in [-0.1, -0.05) is 220 Å². The van der Waals surface area contributed by atoms with Gasteiger partial charge in [-0.25, -0.2) is 0 Å². The van der Waals surface area contributed by atoms with Gasteiger partial charge < -0.3 is 0 Å². The summed E-state index contributed by atoms with van der Waals surface area (Å²) in [5, 5.41) is 23.3. The van der Waals surface area contributed by atoms with Crippen LogP contribution in [0.1, 0.15) is 169 Å². The van der Waals surface area contributed by atoms with Crippen molar-refractivity contribution < 1.29 is 0 Å². The van der Waals surface area contributed by atoms with Gasteiger partial charge in [0, 0.05) is 80.0 Å². The molecule has 138 heavy (non-hydrogen) atoms. The van der Waals surface area contributed by atoms with E-state index in [9.17, 15) is 0 Å². The van der Waals surface area contributed by atoms with Gasteiger partial charge in [0.15, 0.2) is 0 Å². The van der Waals surface area contributed by atoms with Crippen LogP contribution in [0.15, 0.2) is 211 Å². The number of nitrogens with zero attached hydrogens (tertiary/aromatic N) is 4. The summed E-state index contributed by atoms with van der Waals surface area (Å²) in [6, 6.07) is 79.3. The zero-order valence-corrected chi connectivity index (χ0v) is 105.